The zero-order valence-corrected chi connectivity index (χ0v) is 12.0. The van der Waals surface area contributed by atoms with Crippen LogP contribution in [0.25, 0.3) is 0 Å². The lowest BCUT2D eigenvalue weighted by atomic mass is 9.92. The highest BCUT2D eigenvalue weighted by molar-refractivity contribution is 5.49. The minimum absolute atomic E-state index is 0.00718. The fourth-order valence-corrected chi connectivity index (χ4v) is 3.05. The summed E-state index contributed by atoms with van der Waals surface area (Å²) in [6, 6.07) is 14.6. The third-order valence-electron chi connectivity index (χ3n) is 4.14. The molecule has 2 unspecified atom stereocenters. The summed E-state index contributed by atoms with van der Waals surface area (Å²) in [6.07, 6.45) is 3.64. The van der Waals surface area contributed by atoms with Crippen LogP contribution in [0.3, 0.4) is 0 Å². The predicted molar refractivity (Wildman–Crippen MR) is 83.9 cm³/mol. The van der Waals surface area contributed by atoms with Crippen molar-refractivity contribution in [1.82, 2.24) is 4.98 Å². The van der Waals surface area contributed by atoms with Crippen molar-refractivity contribution in [2.75, 3.05) is 11.4 Å². The van der Waals surface area contributed by atoms with Gasteiger partial charge in [-0.25, -0.2) is 4.98 Å². The van der Waals surface area contributed by atoms with E-state index in [0.29, 0.717) is 0 Å². The van der Waals surface area contributed by atoms with Gasteiger partial charge in [-0.2, -0.15) is 0 Å². The van der Waals surface area contributed by atoms with Crippen molar-refractivity contribution in [3.8, 4) is 0 Å². The maximum atomic E-state index is 9.57. The number of benzene rings is 1. The van der Waals surface area contributed by atoms with Crippen LogP contribution in [-0.4, -0.2) is 22.7 Å². The summed E-state index contributed by atoms with van der Waals surface area (Å²) in [4.78, 5) is 6.78. The first-order valence-corrected chi connectivity index (χ1v) is 7.41. The van der Waals surface area contributed by atoms with Crippen molar-refractivity contribution in [3.63, 3.8) is 0 Å². The Balaban J connectivity index is 1.98. The molecular weight excluding hydrogens is 262 g/mol. The third kappa shape index (κ3) is 2.91. The molecule has 3 rings (SSSR count). The molecule has 1 fully saturated rings. The highest BCUT2D eigenvalue weighted by Gasteiger charge is 2.29. The summed E-state index contributed by atoms with van der Waals surface area (Å²) in [5.74, 6) is 0.876. The van der Waals surface area contributed by atoms with Gasteiger partial charge >= 0.3 is 0 Å². The van der Waals surface area contributed by atoms with E-state index in [1.807, 2.05) is 18.2 Å². The molecule has 1 aromatic carbocycles. The van der Waals surface area contributed by atoms with Gasteiger partial charge in [0.2, 0.25) is 0 Å². The van der Waals surface area contributed by atoms with E-state index in [9.17, 15) is 5.11 Å². The number of rotatable bonds is 3. The lowest BCUT2D eigenvalue weighted by Gasteiger charge is -2.40. The number of hydrogen-bond acceptors (Lipinski definition) is 4. The van der Waals surface area contributed by atoms with Gasteiger partial charge in [-0.05, 0) is 24.5 Å². The van der Waals surface area contributed by atoms with E-state index in [1.54, 1.807) is 6.20 Å². The fourth-order valence-electron chi connectivity index (χ4n) is 3.05. The third-order valence-corrected chi connectivity index (χ3v) is 4.14. The number of nitrogens with two attached hydrogens (primary N) is 1. The smallest absolute Gasteiger partial charge is 0.134 e. The van der Waals surface area contributed by atoms with Crippen LogP contribution in [0.1, 0.15) is 30.0 Å². The maximum Gasteiger partial charge on any atom is 0.134 e. The molecule has 0 saturated carbocycles. The first-order chi connectivity index (χ1) is 10.3. The van der Waals surface area contributed by atoms with Crippen molar-refractivity contribution in [3.05, 3.63) is 59.8 Å². The largest absolute Gasteiger partial charge is 0.392 e. The molecule has 1 aliphatic rings. The lowest BCUT2D eigenvalue weighted by molar-refractivity contribution is 0.280. The normalized spacial score (nSPS) is 22.3. The first kappa shape index (κ1) is 14.0. The summed E-state index contributed by atoms with van der Waals surface area (Å²) in [5.41, 5.74) is 8.30. The van der Waals surface area contributed by atoms with Gasteiger partial charge in [-0.1, -0.05) is 36.4 Å². The molecule has 2 aromatic rings. The van der Waals surface area contributed by atoms with Crippen LogP contribution in [-0.2, 0) is 6.61 Å². The SMILES string of the molecule is NC1CCN(c2ncccc2CO)C(c2ccccc2)C1. The molecule has 1 saturated heterocycles. The number of nitrogens with zero attached hydrogens (tertiary/aromatic N) is 2. The van der Waals surface area contributed by atoms with Gasteiger partial charge in [0.25, 0.3) is 0 Å². The van der Waals surface area contributed by atoms with Crippen LogP contribution >= 0.6 is 0 Å². The average molecular weight is 283 g/mol. The van der Waals surface area contributed by atoms with E-state index >= 15 is 0 Å². The Hall–Kier alpha value is -1.91. The molecule has 0 bridgehead atoms. The van der Waals surface area contributed by atoms with Gasteiger partial charge in [0, 0.05) is 24.3 Å². The van der Waals surface area contributed by atoms with Crippen LogP contribution < -0.4 is 10.6 Å². The molecule has 0 radical (unpaired) electrons. The molecule has 2 atom stereocenters. The van der Waals surface area contributed by atoms with Gasteiger partial charge in [0.05, 0.1) is 12.6 Å². The number of hydrogen-bond donors (Lipinski definition) is 2. The zero-order valence-electron chi connectivity index (χ0n) is 12.0. The number of pyridine rings is 1. The van der Waals surface area contributed by atoms with E-state index in [2.05, 4.69) is 34.1 Å². The molecule has 2 heterocycles. The van der Waals surface area contributed by atoms with E-state index < -0.39 is 0 Å². The minimum Gasteiger partial charge on any atom is -0.392 e. The Morgan fingerprint density at radius 2 is 2.00 bits per heavy atom. The standard InChI is InChI=1S/C17H21N3O/c18-15-8-10-20(17-14(12-21)7-4-9-19-17)16(11-15)13-5-2-1-3-6-13/h1-7,9,15-16,21H,8,10-12,18H2. The van der Waals surface area contributed by atoms with Gasteiger partial charge in [0.15, 0.2) is 0 Å². The van der Waals surface area contributed by atoms with Crippen molar-refractivity contribution in [2.45, 2.75) is 31.5 Å². The van der Waals surface area contributed by atoms with Crippen molar-refractivity contribution < 1.29 is 5.11 Å². The van der Waals surface area contributed by atoms with Gasteiger partial charge < -0.3 is 15.7 Å². The van der Waals surface area contributed by atoms with Crippen LogP contribution in [0.2, 0.25) is 0 Å². The number of aliphatic hydroxyl groups excluding tert-OH is 1. The Morgan fingerprint density at radius 1 is 1.19 bits per heavy atom. The monoisotopic (exact) mass is 283 g/mol. The van der Waals surface area contributed by atoms with Crippen LogP contribution in [0.15, 0.2) is 48.7 Å². The van der Waals surface area contributed by atoms with E-state index in [-0.39, 0.29) is 18.7 Å². The predicted octanol–water partition coefficient (Wildman–Crippen LogP) is 2.24. The highest BCUT2D eigenvalue weighted by atomic mass is 16.3. The lowest BCUT2D eigenvalue weighted by Crippen LogP contribution is -2.43. The Bertz CT molecular complexity index is 588. The Morgan fingerprint density at radius 3 is 2.76 bits per heavy atom. The van der Waals surface area contributed by atoms with Crippen molar-refractivity contribution in [1.29, 1.82) is 0 Å². The molecule has 0 aliphatic carbocycles. The highest BCUT2D eigenvalue weighted by Crippen LogP contribution is 2.35. The number of aromatic nitrogens is 1. The Labute approximate surface area is 125 Å². The zero-order chi connectivity index (χ0) is 14.7. The van der Waals surface area contributed by atoms with Crippen LogP contribution in [0.4, 0.5) is 5.82 Å². The van der Waals surface area contributed by atoms with Crippen molar-refractivity contribution in [2.24, 2.45) is 5.73 Å². The molecule has 0 amide bonds. The number of aliphatic hydroxyl groups is 1. The molecule has 21 heavy (non-hydrogen) atoms. The molecule has 3 N–H and O–H groups in total. The van der Waals surface area contributed by atoms with Gasteiger partial charge in [-0.3, -0.25) is 0 Å². The summed E-state index contributed by atoms with van der Waals surface area (Å²) in [6.45, 7) is 0.873. The number of piperidine rings is 1. The molecular formula is C17H21N3O. The molecule has 1 aromatic heterocycles. The average Bonchev–Trinajstić information content (AvgIpc) is 2.55. The second-order valence-corrected chi connectivity index (χ2v) is 5.55. The molecule has 4 heteroatoms. The molecule has 4 nitrogen and oxygen atoms in total. The van der Waals surface area contributed by atoms with Crippen LogP contribution in [0, 0.1) is 0 Å². The molecule has 0 spiro atoms. The first-order valence-electron chi connectivity index (χ1n) is 7.41. The summed E-state index contributed by atoms with van der Waals surface area (Å²) < 4.78 is 0. The molecule has 110 valence electrons. The Kier molecular flexibility index (Phi) is 4.18. The topological polar surface area (TPSA) is 62.4 Å². The van der Waals surface area contributed by atoms with Gasteiger partial charge in [-0.15, -0.1) is 0 Å². The minimum atomic E-state index is 0.00718. The second-order valence-electron chi connectivity index (χ2n) is 5.55. The van der Waals surface area contributed by atoms with Crippen molar-refractivity contribution >= 4 is 5.82 Å². The number of anilines is 1. The maximum absolute atomic E-state index is 9.57. The molecule has 1 aliphatic heterocycles. The van der Waals surface area contributed by atoms with E-state index in [0.717, 1.165) is 30.8 Å². The summed E-state index contributed by atoms with van der Waals surface area (Å²) >= 11 is 0. The van der Waals surface area contributed by atoms with Crippen LogP contribution in [0.5, 0.6) is 0 Å². The van der Waals surface area contributed by atoms with E-state index in [4.69, 9.17) is 5.73 Å². The quantitative estimate of drug-likeness (QED) is 0.907. The van der Waals surface area contributed by atoms with Gasteiger partial charge in [0.1, 0.15) is 5.82 Å². The summed E-state index contributed by atoms with van der Waals surface area (Å²) in [5, 5.41) is 9.57. The fraction of sp³-hybridized carbons (Fsp3) is 0.353. The van der Waals surface area contributed by atoms with E-state index in [1.165, 1.54) is 5.56 Å². The summed E-state index contributed by atoms with van der Waals surface area (Å²) in [7, 11) is 0. The second kappa shape index (κ2) is 6.24.